The predicted octanol–water partition coefficient (Wildman–Crippen LogP) is 2.67. The smallest absolute Gasteiger partial charge is 0.237 e. The van der Waals surface area contributed by atoms with Crippen LogP contribution in [0.1, 0.15) is 30.5 Å². The van der Waals surface area contributed by atoms with E-state index in [0.717, 1.165) is 11.3 Å². The lowest BCUT2D eigenvalue weighted by Crippen LogP contribution is -2.41. The fourth-order valence-corrected chi connectivity index (χ4v) is 2.12. The van der Waals surface area contributed by atoms with Crippen LogP contribution in [0.25, 0.3) is 0 Å². The molecule has 1 unspecified atom stereocenters. The average Bonchev–Trinajstić information content (AvgIpc) is 2.36. The summed E-state index contributed by atoms with van der Waals surface area (Å²) in [6.07, 6.45) is 2.73. The van der Waals surface area contributed by atoms with E-state index in [2.05, 4.69) is 5.32 Å². The first-order valence-corrected chi connectivity index (χ1v) is 7.55. The second-order valence-electron chi connectivity index (χ2n) is 4.53. The maximum atomic E-state index is 11.9. The van der Waals surface area contributed by atoms with Crippen LogP contribution in [0.2, 0.25) is 0 Å². The van der Waals surface area contributed by atoms with Crippen molar-refractivity contribution in [1.29, 1.82) is 0 Å². The minimum absolute atomic E-state index is 0. The zero-order valence-corrected chi connectivity index (χ0v) is 13.3. The molecule has 2 atom stereocenters. The van der Waals surface area contributed by atoms with Crippen LogP contribution >= 0.6 is 24.2 Å². The van der Waals surface area contributed by atoms with Gasteiger partial charge in [0.05, 0.1) is 12.1 Å². The maximum Gasteiger partial charge on any atom is 0.237 e. The number of benzene rings is 1. The van der Waals surface area contributed by atoms with Crippen molar-refractivity contribution in [3.8, 4) is 0 Å². The van der Waals surface area contributed by atoms with Crippen molar-refractivity contribution in [3.05, 3.63) is 35.4 Å². The highest BCUT2D eigenvalue weighted by atomic mass is 35.5. The minimum Gasteiger partial charge on any atom is -0.348 e. The number of rotatable bonds is 6. The highest BCUT2D eigenvalue weighted by Gasteiger charge is 2.15. The number of nitrogens with two attached hydrogens (primary N) is 1. The monoisotopic (exact) mass is 302 g/mol. The lowest BCUT2D eigenvalue weighted by Gasteiger charge is -2.17. The summed E-state index contributed by atoms with van der Waals surface area (Å²) in [7, 11) is 0. The number of hydrogen-bond donors (Lipinski definition) is 2. The summed E-state index contributed by atoms with van der Waals surface area (Å²) in [5.74, 6) is 0.838. The number of halogens is 1. The Morgan fingerprint density at radius 1 is 1.37 bits per heavy atom. The zero-order chi connectivity index (χ0) is 13.5. The van der Waals surface area contributed by atoms with E-state index < -0.39 is 6.04 Å². The van der Waals surface area contributed by atoms with Crippen molar-refractivity contribution < 1.29 is 4.79 Å². The van der Waals surface area contributed by atoms with Gasteiger partial charge >= 0.3 is 0 Å². The van der Waals surface area contributed by atoms with Crippen LogP contribution in [0.4, 0.5) is 0 Å². The largest absolute Gasteiger partial charge is 0.348 e. The van der Waals surface area contributed by atoms with Gasteiger partial charge in [-0.25, -0.2) is 0 Å². The van der Waals surface area contributed by atoms with E-state index in [4.69, 9.17) is 5.73 Å². The van der Waals surface area contributed by atoms with Gasteiger partial charge < -0.3 is 11.1 Å². The topological polar surface area (TPSA) is 55.1 Å². The van der Waals surface area contributed by atoms with Gasteiger partial charge in [0.25, 0.3) is 0 Å². The van der Waals surface area contributed by atoms with E-state index in [1.807, 2.05) is 44.4 Å². The van der Waals surface area contributed by atoms with Crippen molar-refractivity contribution in [2.24, 2.45) is 5.73 Å². The molecule has 108 valence electrons. The van der Waals surface area contributed by atoms with Gasteiger partial charge in [0.15, 0.2) is 0 Å². The number of carbonyl (C=O) groups excluding carboxylic acids is 1. The molecule has 0 radical (unpaired) electrons. The van der Waals surface area contributed by atoms with Crippen LogP contribution in [0.5, 0.6) is 0 Å². The predicted molar refractivity (Wildman–Crippen MR) is 86.0 cm³/mol. The standard InChI is InChI=1S/C14H22N2OS.ClH/c1-10-4-6-12(7-5-10)11(2)16-14(17)13(15)8-9-18-3;/h4-7,11,13H,8-9,15H2,1-3H3,(H,16,17);1H/t11?,13-;/m0./s1. The molecule has 19 heavy (non-hydrogen) atoms. The normalized spacial score (nSPS) is 13.3. The van der Waals surface area contributed by atoms with Gasteiger partial charge in [-0.15, -0.1) is 12.4 Å². The number of nitrogens with one attached hydrogen (secondary N) is 1. The second-order valence-corrected chi connectivity index (χ2v) is 5.51. The molecular formula is C14H23ClN2OS. The Hall–Kier alpha value is -0.710. The molecule has 3 nitrogen and oxygen atoms in total. The molecule has 0 spiro atoms. The summed E-state index contributed by atoms with van der Waals surface area (Å²) >= 11 is 1.70. The highest BCUT2D eigenvalue weighted by Crippen LogP contribution is 2.13. The fourth-order valence-electron chi connectivity index (χ4n) is 1.63. The number of amides is 1. The summed E-state index contributed by atoms with van der Waals surface area (Å²) in [6.45, 7) is 4.02. The second kappa shape index (κ2) is 9.23. The number of thioether (sulfide) groups is 1. The van der Waals surface area contributed by atoms with Gasteiger partial charge in [0.1, 0.15) is 0 Å². The lowest BCUT2D eigenvalue weighted by molar-refractivity contribution is -0.123. The van der Waals surface area contributed by atoms with Crippen LogP contribution in [-0.4, -0.2) is 24.0 Å². The van der Waals surface area contributed by atoms with E-state index in [9.17, 15) is 4.79 Å². The molecule has 1 aromatic rings. The van der Waals surface area contributed by atoms with E-state index in [-0.39, 0.29) is 24.4 Å². The van der Waals surface area contributed by atoms with Crippen molar-refractivity contribution >= 4 is 30.1 Å². The first kappa shape index (κ1) is 18.3. The Morgan fingerprint density at radius 2 is 1.95 bits per heavy atom. The third-order valence-electron chi connectivity index (χ3n) is 2.91. The quantitative estimate of drug-likeness (QED) is 0.849. The zero-order valence-electron chi connectivity index (χ0n) is 11.7. The van der Waals surface area contributed by atoms with Gasteiger partial charge in [-0.2, -0.15) is 11.8 Å². The average molecular weight is 303 g/mol. The Balaban J connectivity index is 0.00000324. The molecule has 0 aromatic heterocycles. The molecule has 0 aliphatic rings. The summed E-state index contributed by atoms with van der Waals surface area (Å²) in [5.41, 5.74) is 8.15. The molecule has 0 aliphatic heterocycles. The van der Waals surface area contributed by atoms with Gasteiger partial charge in [-0.3, -0.25) is 4.79 Å². The Labute approximate surface area is 126 Å². The summed E-state index contributed by atoms with van der Waals surface area (Å²) < 4.78 is 0. The molecule has 0 saturated heterocycles. The number of aryl methyl sites for hydroxylation is 1. The molecule has 0 saturated carbocycles. The SMILES string of the molecule is CSCC[C@H](N)C(=O)NC(C)c1ccc(C)cc1.Cl. The molecule has 0 bridgehead atoms. The van der Waals surface area contributed by atoms with Crippen LogP contribution in [0.15, 0.2) is 24.3 Å². The van der Waals surface area contributed by atoms with Gasteiger partial charge in [-0.05, 0) is 37.8 Å². The van der Waals surface area contributed by atoms with Crippen molar-refractivity contribution in [1.82, 2.24) is 5.32 Å². The molecule has 5 heteroatoms. The van der Waals surface area contributed by atoms with E-state index in [1.165, 1.54) is 5.56 Å². The van der Waals surface area contributed by atoms with Gasteiger partial charge in [0, 0.05) is 0 Å². The molecule has 0 fully saturated rings. The molecule has 1 rings (SSSR count). The van der Waals surface area contributed by atoms with Gasteiger partial charge in [0.2, 0.25) is 5.91 Å². The van der Waals surface area contributed by atoms with Crippen molar-refractivity contribution in [2.45, 2.75) is 32.4 Å². The van der Waals surface area contributed by atoms with Crippen LogP contribution < -0.4 is 11.1 Å². The molecule has 0 aliphatic carbocycles. The van der Waals surface area contributed by atoms with Gasteiger partial charge in [-0.1, -0.05) is 29.8 Å². The van der Waals surface area contributed by atoms with E-state index in [0.29, 0.717) is 6.42 Å². The highest BCUT2D eigenvalue weighted by molar-refractivity contribution is 7.98. The molecule has 0 heterocycles. The first-order chi connectivity index (χ1) is 8.54. The summed E-state index contributed by atoms with van der Waals surface area (Å²) in [6, 6.07) is 7.75. The Bertz CT molecular complexity index is 384. The van der Waals surface area contributed by atoms with E-state index >= 15 is 0 Å². The molecule has 1 aromatic carbocycles. The molecular weight excluding hydrogens is 280 g/mol. The summed E-state index contributed by atoms with van der Waals surface area (Å²) in [5, 5.41) is 2.95. The third kappa shape index (κ3) is 6.32. The molecule has 1 amide bonds. The minimum atomic E-state index is -0.412. The number of carbonyl (C=O) groups is 1. The Morgan fingerprint density at radius 3 is 2.47 bits per heavy atom. The molecule has 3 N–H and O–H groups in total. The van der Waals surface area contributed by atoms with Crippen LogP contribution in [-0.2, 0) is 4.79 Å². The first-order valence-electron chi connectivity index (χ1n) is 6.16. The summed E-state index contributed by atoms with van der Waals surface area (Å²) in [4.78, 5) is 11.9. The Kier molecular flexibility index (Phi) is 8.89. The van der Waals surface area contributed by atoms with Crippen LogP contribution in [0, 0.1) is 6.92 Å². The van der Waals surface area contributed by atoms with Crippen molar-refractivity contribution in [2.75, 3.05) is 12.0 Å². The van der Waals surface area contributed by atoms with E-state index in [1.54, 1.807) is 11.8 Å². The van der Waals surface area contributed by atoms with Crippen molar-refractivity contribution in [3.63, 3.8) is 0 Å². The van der Waals surface area contributed by atoms with Crippen LogP contribution in [0.3, 0.4) is 0 Å². The maximum absolute atomic E-state index is 11.9. The third-order valence-corrected chi connectivity index (χ3v) is 3.55. The fraction of sp³-hybridized carbons (Fsp3) is 0.500. The lowest BCUT2D eigenvalue weighted by atomic mass is 10.1. The number of hydrogen-bond acceptors (Lipinski definition) is 3.